The molecule has 1 amide bonds. The molecule has 20 heavy (non-hydrogen) atoms. The highest BCUT2D eigenvalue weighted by Gasteiger charge is 2.14. The maximum Gasteiger partial charge on any atom is 0.269 e. The summed E-state index contributed by atoms with van der Waals surface area (Å²) < 4.78 is 1.17. The van der Waals surface area contributed by atoms with Gasteiger partial charge in [-0.05, 0) is 13.8 Å². The number of carbonyl (C=O) groups excluding carboxylic acids is 1. The molecule has 0 radical (unpaired) electrons. The molecule has 0 fully saturated rings. The molecule has 0 spiro atoms. The second kappa shape index (κ2) is 7.04. The van der Waals surface area contributed by atoms with Crippen LogP contribution < -0.4 is 16.2 Å². The Balaban J connectivity index is 2.84. The van der Waals surface area contributed by atoms with Crippen LogP contribution in [0.25, 0.3) is 0 Å². The minimum atomic E-state index is -0.295. The van der Waals surface area contributed by atoms with E-state index in [9.17, 15) is 9.59 Å². The second-order valence-corrected chi connectivity index (χ2v) is 5.02. The summed E-state index contributed by atoms with van der Waals surface area (Å²) in [5.74, 6) is -0.141. The molecule has 0 aliphatic rings. The molecule has 0 aromatic carbocycles. The molecule has 1 heterocycles. The van der Waals surface area contributed by atoms with Gasteiger partial charge in [0.15, 0.2) is 0 Å². The van der Waals surface area contributed by atoms with Crippen LogP contribution in [0.3, 0.4) is 0 Å². The molecule has 0 saturated heterocycles. The molecule has 0 unspecified atom stereocenters. The van der Waals surface area contributed by atoms with Gasteiger partial charge >= 0.3 is 0 Å². The summed E-state index contributed by atoms with van der Waals surface area (Å²) in [6.07, 6.45) is 1.57. The van der Waals surface area contributed by atoms with Gasteiger partial charge in [-0.3, -0.25) is 9.59 Å². The second-order valence-electron chi connectivity index (χ2n) is 5.02. The van der Waals surface area contributed by atoms with E-state index in [-0.39, 0.29) is 24.1 Å². The summed E-state index contributed by atoms with van der Waals surface area (Å²) in [7, 11) is 3.55. The Hall–Kier alpha value is -1.89. The largest absolute Gasteiger partial charge is 0.372 e. The van der Waals surface area contributed by atoms with E-state index in [1.807, 2.05) is 25.8 Å². The van der Waals surface area contributed by atoms with Crippen molar-refractivity contribution in [3.63, 3.8) is 0 Å². The highest BCUT2D eigenvalue weighted by Crippen LogP contribution is 2.05. The molecule has 0 saturated carbocycles. The van der Waals surface area contributed by atoms with E-state index in [4.69, 9.17) is 5.73 Å². The predicted octanol–water partition coefficient (Wildman–Crippen LogP) is -0.495. The number of hydrogen-bond acceptors (Lipinski definition) is 5. The van der Waals surface area contributed by atoms with Crippen molar-refractivity contribution in [2.24, 2.45) is 5.73 Å². The first-order chi connectivity index (χ1) is 9.36. The summed E-state index contributed by atoms with van der Waals surface area (Å²) in [5, 5.41) is 4.04. The first-order valence-corrected chi connectivity index (χ1v) is 6.60. The molecule has 0 aliphatic carbocycles. The van der Waals surface area contributed by atoms with Gasteiger partial charge in [-0.25, -0.2) is 4.68 Å². The molecule has 7 nitrogen and oxygen atoms in total. The van der Waals surface area contributed by atoms with Crippen molar-refractivity contribution < 1.29 is 4.79 Å². The standard InChI is InChI=1S/C13H23N5O2/c1-10(2)17(4)13(20)9-18-12(19)7-11(8-15-18)16(3)6-5-14/h7-8,10H,5-6,9,14H2,1-4H3. The van der Waals surface area contributed by atoms with E-state index < -0.39 is 0 Å². The first-order valence-electron chi connectivity index (χ1n) is 6.60. The van der Waals surface area contributed by atoms with Gasteiger partial charge in [0.2, 0.25) is 5.91 Å². The average molecular weight is 281 g/mol. The lowest BCUT2D eigenvalue weighted by atomic mass is 10.3. The van der Waals surface area contributed by atoms with Crippen molar-refractivity contribution in [3.05, 3.63) is 22.6 Å². The van der Waals surface area contributed by atoms with Gasteiger partial charge < -0.3 is 15.5 Å². The number of anilines is 1. The van der Waals surface area contributed by atoms with Gasteiger partial charge in [0.25, 0.3) is 5.56 Å². The molecule has 1 rings (SSSR count). The fraction of sp³-hybridized carbons (Fsp3) is 0.615. The third-order valence-electron chi connectivity index (χ3n) is 3.21. The van der Waals surface area contributed by atoms with E-state index in [1.165, 1.54) is 10.7 Å². The molecule has 112 valence electrons. The fourth-order valence-corrected chi connectivity index (χ4v) is 1.60. The van der Waals surface area contributed by atoms with E-state index in [0.717, 1.165) is 0 Å². The third kappa shape index (κ3) is 4.06. The van der Waals surface area contributed by atoms with Crippen molar-refractivity contribution >= 4 is 11.6 Å². The number of amides is 1. The summed E-state index contributed by atoms with van der Waals surface area (Å²) >= 11 is 0. The Morgan fingerprint density at radius 2 is 2.10 bits per heavy atom. The van der Waals surface area contributed by atoms with Crippen LogP contribution in [0.2, 0.25) is 0 Å². The Bertz CT molecular complexity index is 512. The maximum absolute atomic E-state index is 11.9. The smallest absolute Gasteiger partial charge is 0.269 e. The van der Waals surface area contributed by atoms with E-state index in [0.29, 0.717) is 18.8 Å². The van der Waals surface area contributed by atoms with Crippen LogP contribution in [0.15, 0.2) is 17.1 Å². The number of carbonyl (C=O) groups is 1. The van der Waals surface area contributed by atoms with Crippen molar-refractivity contribution in [2.75, 3.05) is 32.1 Å². The highest BCUT2D eigenvalue weighted by atomic mass is 16.2. The van der Waals surface area contributed by atoms with Crippen molar-refractivity contribution in [1.29, 1.82) is 0 Å². The summed E-state index contributed by atoms with van der Waals surface area (Å²) in [6.45, 7) is 4.92. The summed E-state index contributed by atoms with van der Waals surface area (Å²) in [5.41, 5.74) is 5.87. The molecular weight excluding hydrogens is 258 g/mol. The van der Waals surface area contributed by atoms with Crippen LogP contribution in [-0.4, -0.2) is 53.8 Å². The Labute approximate surface area is 119 Å². The predicted molar refractivity (Wildman–Crippen MR) is 78.7 cm³/mol. The molecule has 0 atom stereocenters. The number of aromatic nitrogens is 2. The van der Waals surface area contributed by atoms with Gasteiger partial charge in [-0.15, -0.1) is 0 Å². The van der Waals surface area contributed by atoms with Crippen LogP contribution in [0, 0.1) is 0 Å². The van der Waals surface area contributed by atoms with Crippen LogP contribution in [-0.2, 0) is 11.3 Å². The maximum atomic E-state index is 11.9. The molecule has 0 bridgehead atoms. The SMILES string of the molecule is CC(C)N(C)C(=O)Cn1ncc(N(C)CCN)cc1=O. The van der Waals surface area contributed by atoms with Crippen molar-refractivity contribution in [2.45, 2.75) is 26.4 Å². The van der Waals surface area contributed by atoms with Gasteiger partial charge in [-0.2, -0.15) is 5.10 Å². The number of nitrogens with two attached hydrogens (primary N) is 1. The molecular formula is C13H23N5O2. The monoisotopic (exact) mass is 281 g/mol. The van der Waals surface area contributed by atoms with Gasteiger partial charge in [0.1, 0.15) is 6.54 Å². The molecule has 2 N–H and O–H groups in total. The van der Waals surface area contributed by atoms with Crippen LogP contribution in [0.1, 0.15) is 13.8 Å². The first kappa shape index (κ1) is 16.2. The quantitative estimate of drug-likeness (QED) is 0.760. The third-order valence-corrected chi connectivity index (χ3v) is 3.21. The molecule has 1 aromatic rings. The Morgan fingerprint density at radius 3 is 2.60 bits per heavy atom. The average Bonchev–Trinajstić information content (AvgIpc) is 2.40. The number of nitrogens with zero attached hydrogens (tertiary/aromatic N) is 4. The van der Waals surface area contributed by atoms with Gasteiger partial charge in [0.05, 0.1) is 11.9 Å². The zero-order valence-electron chi connectivity index (χ0n) is 12.5. The van der Waals surface area contributed by atoms with Gasteiger partial charge in [-0.1, -0.05) is 0 Å². The van der Waals surface area contributed by atoms with Crippen LogP contribution in [0.5, 0.6) is 0 Å². The van der Waals surface area contributed by atoms with Crippen LogP contribution >= 0.6 is 0 Å². The summed E-state index contributed by atoms with van der Waals surface area (Å²) in [6, 6.07) is 1.55. The minimum Gasteiger partial charge on any atom is -0.372 e. The normalized spacial score (nSPS) is 10.7. The highest BCUT2D eigenvalue weighted by molar-refractivity contribution is 5.75. The van der Waals surface area contributed by atoms with Crippen LogP contribution in [0.4, 0.5) is 5.69 Å². The van der Waals surface area contributed by atoms with Gasteiger partial charge in [0, 0.05) is 39.3 Å². The fourth-order valence-electron chi connectivity index (χ4n) is 1.60. The number of hydrogen-bond donors (Lipinski definition) is 1. The Kier molecular flexibility index (Phi) is 5.69. The topological polar surface area (TPSA) is 84.5 Å². The number of likely N-dealkylation sites (N-methyl/N-ethyl adjacent to an activating group) is 2. The van der Waals surface area contributed by atoms with E-state index >= 15 is 0 Å². The zero-order valence-corrected chi connectivity index (χ0v) is 12.5. The van der Waals surface area contributed by atoms with Crippen molar-refractivity contribution in [3.8, 4) is 0 Å². The van der Waals surface area contributed by atoms with Crippen molar-refractivity contribution in [1.82, 2.24) is 14.7 Å². The van der Waals surface area contributed by atoms with E-state index in [1.54, 1.807) is 18.1 Å². The lowest BCUT2D eigenvalue weighted by Crippen LogP contribution is -2.38. The minimum absolute atomic E-state index is 0.0472. The molecule has 1 aromatic heterocycles. The Morgan fingerprint density at radius 1 is 1.45 bits per heavy atom. The lowest BCUT2D eigenvalue weighted by molar-refractivity contribution is -0.132. The molecule has 7 heteroatoms. The summed E-state index contributed by atoms with van der Waals surface area (Å²) in [4.78, 5) is 27.3. The van der Waals surface area contributed by atoms with E-state index in [2.05, 4.69) is 5.10 Å². The molecule has 0 aliphatic heterocycles. The number of rotatable bonds is 6. The zero-order chi connectivity index (χ0) is 15.3. The lowest BCUT2D eigenvalue weighted by Gasteiger charge is -2.22.